The van der Waals surface area contributed by atoms with Crippen LogP contribution in [0, 0.1) is 30.6 Å². The highest BCUT2D eigenvalue weighted by atomic mass is 32.1. The third-order valence-corrected chi connectivity index (χ3v) is 6.24. The monoisotopic (exact) mass is 295 g/mol. The van der Waals surface area contributed by atoms with E-state index in [0.717, 1.165) is 10.4 Å². The Morgan fingerprint density at radius 2 is 1.65 bits per heavy atom. The maximum atomic E-state index is 12.4. The number of carbonyl (C=O) groups is 2. The number of aromatic carboxylic acids is 1. The largest absolute Gasteiger partial charge is 0.478 e. The maximum absolute atomic E-state index is 12.4. The number of thiophene rings is 1. The van der Waals surface area contributed by atoms with Gasteiger partial charge in [0, 0.05) is 10.8 Å². The van der Waals surface area contributed by atoms with Crippen molar-refractivity contribution in [1.82, 2.24) is 0 Å². The summed E-state index contributed by atoms with van der Waals surface area (Å²) in [6.07, 6.45) is 0. The Hall–Kier alpha value is -1.36. The van der Waals surface area contributed by atoms with Gasteiger partial charge >= 0.3 is 5.97 Å². The Labute approximate surface area is 123 Å². The van der Waals surface area contributed by atoms with Gasteiger partial charge in [0.2, 0.25) is 5.91 Å². The number of rotatable bonds is 3. The van der Waals surface area contributed by atoms with Gasteiger partial charge < -0.3 is 10.4 Å². The molecule has 0 saturated heterocycles. The highest BCUT2D eigenvalue weighted by Gasteiger charge is 2.68. The van der Waals surface area contributed by atoms with E-state index in [0.29, 0.717) is 5.00 Å². The lowest BCUT2D eigenvalue weighted by Crippen LogP contribution is -2.18. The number of anilines is 1. The standard InChI is InChI=1S/C15H21NO3S/c1-7-8(2)20-12(9(7)13(18)19)16-11(17)10-14(3,4)15(10,5)6/h10H,1-6H3,(H,16,17)(H,18,19). The van der Waals surface area contributed by atoms with Crippen molar-refractivity contribution < 1.29 is 14.7 Å². The van der Waals surface area contributed by atoms with Gasteiger partial charge in [-0.2, -0.15) is 0 Å². The predicted octanol–water partition coefficient (Wildman–Crippen LogP) is 3.68. The van der Waals surface area contributed by atoms with E-state index < -0.39 is 5.97 Å². The van der Waals surface area contributed by atoms with Gasteiger partial charge in [-0.05, 0) is 30.2 Å². The van der Waals surface area contributed by atoms with Crippen LogP contribution in [-0.4, -0.2) is 17.0 Å². The molecule has 1 aliphatic carbocycles. The van der Waals surface area contributed by atoms with Crippen molar-refractivity contribution in [3.05, 3.63) is 16.0 Å². The van der Waals surface area contributed by atoms with Gasteiger partial charge in [0.05, 0.1) is 5.56 Å². The smallest absolute Gasteiger partial charge is 0.338 e. The van der Waals surface area contributed by atoms with Crippen molar-refractivity contribution in [3.8, 4) is 0 Å². The van der Waals surface area contributed by atoms with Crippen LogP contribution in [0.4, 0.5) is 5.00 Å². The molecule has 0 spiro atoms. The molecule has 1 amide bonds. The van der Waals surface area contributed by atoms with Gasteiger partial charge in [0.25, 0.3) is 0 Å². The normalized spacial score (nSPS) is 19.7. The molecular weight excluding hydrogens is 274 g/mol. The lowest BCUT2D eigenvalue weighted by atomic mass is 10.0. The Bertz CT molecular complexity index is 585. The zero-order chi connectivity index (χ0) is 15.5. The first-order valence-corrected chi connectivity index (χ1v) is 7.47. The van der Waals surface area contributed by atoms with Crippen LogP contribution in [0.25, 0.3) is 0 Å². The fourth-order valence-corrected chi connectivity index (χ4v) is 4.06. The minimum atomic E-state index is -0.989. The second kappa shape index (κ2) is 4.32. The molecule has 110 valence electrons. The summed E-state index contributed by atoms with van der Waals surface area (Å²) in [7, 11) is 0. The molecule has 0 unspecified atom stereocenters. The summed E-state index contributed by atoms with van der Waals surface area (Å²) in [5.74, 6) is -1.15. The van der Waals surface area contributed by atoms with Crippen LogP contribution < -0.4 is 5.32 Å². The predicted molar refractivity (Wildman–Crippen MR) is 80.4 cm³/mol. The molecule has 1 aromatic heterocycles. The van der Waals surface area contributed by atoms with Gasteiger partial charge in [-0.15, -0.1) is 11.3 Å². The van der Waals surface area contributed by atoms with Crippen LogP contribution in [0.15, 0.2) is 0 Å². The molecule has 1 saturated carbocycles. The maximum Gasteiger partial charge on any atom is 0.338 e. The van der Waals surface area contributed by atoms with Crippen LogP contribution in [0.1, 0.15) is 48.5 Å². The zero-order valence-corrected chi connectivity index (χ0v) is 13.6. The molecule has 0 aliphatic heterocycles. The van der Waals surface area contributed by atoms with Crippen molar-refractivity contribution in [2.24, 2.45) is 16.7 Å². The lowest BCUT2D eigenvalue weighted by Gasteiger charge is -2.05. The van der Waals surface area contributed by atoms with E-state index in [2.05, 4.69) is 33.0 Å². The van der Waals surface area contributed by atoms with Crippen molar-refractivity contribution in [2.75, 3.05) is 5.32 Å². The van der Waals surface area contributed by atoms with Gasteiger partial charge in [0.1, 0.15) is 5.00 Å². The summed E-state index contributed by atoms with van der Waals surface area (Å²) < 4.78 is 0. The molecule has 0 aromatic carbocycles. The third kappa shape index (κ3) is 1.95. The highest BCUT2D eigenvalue weighted by molar-refractivity contribution is 7.16. The summed E-state index contributed by atoms with van der Waals surface area (Å²) in [4.78, 5) is 24.7. The van der Waals surface area contributed by atoms with E-state index in [1.54, 1.807) is 6.92 Å². The number of amides is 1. The van der Waals surface area contributed by atoms with Crippen LogP contribution in [0.2, 0.25) is 0 Å². The number of aryl methyl sites for hydroxylation is 1. The lowest BCUT2D eigenvalue weighted by molar-refractivity contribution is -0.118. The Morgan fingerprint density at radius 3 is 2.05 bits per heavy atom. The van der Waals surface area contributed by atoms with Crippen LogP contribution >= 0.6 is 11.3 Å². The van der Waals surface area contributed by atoms with E-state index in [9.17, 15) is 14.7 Å². The second-order valence-corrected chi connectivity index (χ2v) is 7.88. The number of nitrogens with one attached hydrogen (secondary N) is 1. The summed E-state index contributed by atoms with van der Waals surface area (Å²) in [6.45, 7) is 11.9. The molecule has 5 heteroatoms. The Morgan fingerprint density at radius 1 is 1.15 bits per heavy atom. The van der Waals surface area contributed by atoms with Crippen molar-refractivity contribution in [1.29, 1.82) is 0 Å². The molecule has 1 aromatic rings. The molecule has 2 N–H and O–H groups in total. The fraction of sp³-hybridized carbons (Fsp3) is 0.600. The molecule has 1 heterocycles. The number of carbonyl (C=O) groups excluding carboxylic acids is 1. The fourth-order valence-electron chi connectivity index (χ4n) is 3.01. The first-order chi connectivity index (χ1) is 9.01. The minimum absolute atomic E-state index is 0.0538. The summed E-state index contributed by atoms with van der Waals surface area (Å²) in [5, 5.41) is 12.6. The topological polar surface area (TPSA) is 66.4 Å². The number of hydrogen-bond donors (Lipinski definition) is 2. The molecule has 0 radical (unpaired) electrons. The summed E-state index contributed by atoms with van der Waals surface area (Å²) >= 11 is 1.33. The first kappa shape index (κ1) is 15.0. The molecule has 20 heavy (non-hydrogen) atoms. The van der Waals surface area contributed by atoms with Gasteiger partial charge in [0.15, 0.2) is 0 Å². The Kier molecular flexibility index (Phi) is 3.25. The molecule has 1 fully saturated rings. The van der Waals surface area contributed by atoms with E-state index in [1.165, 1.54) is 11.3 Å². The summed E-state index contributed by atoms with van der Waals surface area (Å²) in [5.41, 5.74) is 0.841. The van der Waals surface area contributed by atoms with Crippen molar-refractivity contribution >= 4 is 28.2 Å². The minimum Gasteiger partial charge on any atom is -0.478 e. The quantitative estimate of drug-likeness (QED) is 0.894. The first-order valence-electron chi connectivity index (χ1n) is 6.66. The molecule has 4 nitrogen and oxygen atoms in total. The van der Waals surface area contributed by atoms with Crippen LogP contribution in [0.5, 0.6) is 0 Å². The van der Waals surface area contributed by atoms with Gasteiger partial charge in [-0.1, -0.05) is 27.7 Å². The summed E-state index contributed by atoms with van der Waals surface area (Å²) in [6, 6.07) is 0. The highest BCUT2D eigenvalue weighted by Crippen LogP contribution is 2.68. The van der Waals surface area contributed by atoms with Gasteiger partial charge in [-0.25, -0.2) is 4.79 Å². The zero-order valence-electron chi connectivity index (χ0n) is 12.7. The molecular formula is C15H21NO3S. The molecule has 0 bridgehead atoms. The number of hydrogen-bond acceptors (Lipinski definition) is 3. The molecule has 2 rings (SSSR count). The van der Waals surface area contributed by atoms with E-state index in [-0.39, 0.29) is 28.2 Å². The third-order valence-electron chi connectivity index (χ3n) is 5.12. The van der Waals surface area contributed by atoms with E-state index >= 15 is 0 Å². The van der Waals surface area contributed by atoms with E-state index in [1.807, 2.05) is 6.92 Å². The van der Waals surface area contributed by atoms with E-state index in [4.69, 9.17) is 0 Å². The van der Waals surface area contributed by atoms with Crippen molar-refractivity contribution in [2.45, 2.75) is 41.5 Å². The Balaban J connectivity index is 2.27. The average Bonchev–Trinajstić information content (AvgIpc) is 2.52. The second-order valence-electron chi connectivity index (χ2n) is 6.66. The van der Waals surface area contributed by atoms with Crippen LogP contribution in [0.3, 0.4) is 0 Å². The molecule has 0 atom stereocenters. The van der Waals surface area contributed by atoms with Gasteiger partial charge in [-0.3, -0.25) is 4.79 Å². The average molecular weight is 295 g/mol. The SMILES string of the molecule is Cc1sc(NC(=O)C2C(C)(C)C2(C)C)c(C(=O)O)c1C. The van der Waals surface area contributed by atoms with Crippen molar-refractivity contribution in [3.63, 3.8) is 0 Å². The number of carboxylic acid groups (broad SMARTS) is 1. The van der Waals surface area contributed by atoms with Crippen LogP contribution in [-0.2, 0) is 4.79 Å². The molecule has 1 aliphatic rings. The number of carboxylic acids is 1.